The monoisotopic (exact) mass is 329 g/mol. The van der Waals surface area contributed by atoms with Crippen LogP contribution in [0, 0.1) is 0 Å². The van der Waals surface area contributed by atoms with Crippen molar-refractivity contribution >= 4 is 23.7 Å². The molecule has 1 amide bonds. The highest BCUT2D eigenvalue weighted by molar-refractivity contribution is 7.07. The van der Waals surface area contributed by atoms with Crippen molar-refractivity contribution in [1.82, 2.24) is 15.2 Å². The molecule has 0 radical (unpaired) electrons. The Morgan fingerprint density at radius 3 is 2.86 bits per heavy atom. The van der Waals surface area contributed by atoms with Crippen molar-refractivity contribution in [3.8, 4) is 0 Å². The van der Waals surface area contributed by atoms with Gasteiger partial charge in [-0.3, -0.25) is 14.5 Å². The van der Waals surface area contributed by atoms with Crippen LogP contribution in [0.2, 0.25) is 0 Å². The first-order chi connectivity index (χ1) is 10.7. The van der Waals surface area contributed by atoms with E-state index < -0.39 is 0 Å². The molecule has 0 aliphatic carbocycles. The number of aromatic nitrogens is 1. The van der Waals surface area contributed by atoms with Crippen molar-refractivity contribution in [2.24, 2.45) is 0 Å². The number of hydrogen-bond donors (Lipinski definition) is 2. The third kappa shape index (κ3) is 7.48. The van der Waals surface area contributed by atoms with Crippen molar-refractivity contribution in [2.45, 2.75) is 32.4 Å². The van der Waals surface area contributed by atoms with Gasteiger partial charge in [0.25, 0.3) is 6.47 Å². The van der Waals surface area contributed by atoms with Crippen LogP contribution in [0.1, 0.15) is 25.5 Å². The van der Waals surface area contributed by atoms with Crippen LogP contribution >= 0.6 is 11.3 Å². The van der Waals surface area contributed by atoms with E-state index in [1.165, 1.54) is 0 Å². The van der Waals surface area contributed by atoms with Crippen LogP contribution in [0.4, 0.5) is 0 Å². The third-order valence-corrected chi connectivity index (χ3v) is 4.04. The Balaban J connectivity index is 0.000000745. The molecule has 124 valence electrons. The molecule has 1 saturated heterocycles. The van der Waals surface area contributed by atoms with E-state index in [0.717, 1.165) is 38.4 Å². The summed E-state index contributed by atoms with van der Waals surface area (Å²) in [6.45, 7) is 6.03. The van der Waals surface area contributed by atoms with E-state index in [1.54, 1.807) is 16.8 Å². The lowest BCUT2D eigenvalue weighted by molar-refractivity contribution is -0.123. The summed E-state index contributed by atoms with van der Waals surface area (Å²) in [5.41, 5.74) is 2.71. The molecule has 1 aromatic heterocycles. The van der Waals surface area contributed by atoms with E-state index in [-0.39, 0.29) is 12.4 Å². The van der Waals surface area contributed by atoms with Gasteiger partial charge in [-0.25, -0.2) is 4.98 Å². The van der Waals surface area contributed by atoms with Crippen molar-refractivity contribution in [2.75, 3.05) is 26.3 Å². The molecule has 2 heterocycles. The zero-order valence-corrected chi connectivity index (χ0v) is 13.6. The van der Waals surface area contributed by atoms with Crippen molar-refractivity contribution in [3.63, 3.8) is 0 Å². The second-order valence-corrected chi connectivity index (χ2v) is 5.62. The molecule has 2 rings (SSSR count). The molecule has 0 aromatic carbocycles. The van der Waals surface area contributed by atoms with E-state index >= 15 is 0 Å². The highest BCUT2D eigenvalue weighted by Crippen LogP contribution is 2.09. The van der Waals surface area contributed by atoms with E-state index in [2.05, 4.69) is 22.1 Å². The predicted molar refractivity (Wildman–Crippen MR) is 83.7 cm³/mol. The van der Waals surface area contributed by atoms with Crippen molar-refractivity contribution < 1.29 is 19.4 Å². The Morgan fingerprint density at radius 1 is 1.59 bits per heavy atom. The minimum atomic E-state index is -0.250. The highest BCUT2D eigenvalue weighted by atomic mass is 32.1. The van der Waals surface area contributed by atoms with Crippen LogP contribution in [0.5, 0.6) is 0 Å². The molecular formula is C14H23N3O4S. The predicted octanol–water partition coefficient (Wildman–Crippen LogP) is 0.961. The van der Waals surface area contributed by atoms with Crippen molar-refractivity contribution in [1.29, 1.82) is 0 Å². The van der Waals surface area contributed by atoms with Gasteiger partial charge in [0.15, 0.2) is 0 Å². The summed E-state index contributed by atoms with van der Waals surface area (Å²) in [6.07, 6.45) is 1.46. The lowest BCUT2D eigenvalue weighted by Crippen LogP contribution is -2.42. The number of morpholine rings is 1. The molecule has 0 saturated carbocycles. The second kappa shape index (κ2) is 11.1. The zero-order valence-electron chi connectivity index (χ0n) is 12.7. The quantitative estimate of drug-likeness (QED) is 0.755. The summed E-state index contributed by atoms with van der Waals surface area (Å²) in [5.74, 6) is 0.105. The Kier molecular flexibility index (Phi) is 9.36. The van der Waals surface area contributed by atoms with Gasteiger partial charge in [-0.05, 0) is 13.3 Å². The maximum absolute atomic E-state index is 11.7. The molecule has 1 unspecified atom stereocenters. The van der Waals surface area contributed by atoms with E-state index in [4.69, 9.17) is 14.6 Å². The molecule has 2 N–H and O–H groups in total. The van der Waals surface area contributed by atoms with E-state index in [9.17, 15) is 4.79 Å². The van der Waals surface area contributed by atoms with Crippen LogP contribution in [0.15, 0.2) is 10.9 Å². The number of nitrogens with zero attached hydrogens (tertiary/aromatic N) is 2. The molecule has 0 spiro atoms. The number of rotatable bonds is 6. The largest absolute Gasteiger partial charge is 0.483 e. The first-order valence-electron chi connectivity index (χ1n) is 7.20. The summed E-state index contributed by atoms with van der Waals surface area (Å²) in [5, 5.41) is 11.7. The van der Waals surface area contributed by atoms with Crippen LogP contribution < -0.4 is 5.32 Å². The molecule has 22 heavy (non-hydrogen) atoms. The van der Waals surface area contributed by atoms with Gasteiger partial charge >= 0.3 is 0 Å². The van der Waals surface area contributed by atoms with Gasteiger partial charge in [0, 0.05) is 30.9 Å². The zero-order chi connectivity index (χ0) is 16.2. The lowest BCUT2D eigenvalue weighted by atomic mass is 10.1. The molecular weight excluding hydrogens is 306 g/mol. The fourth-order valence-electron chi connectivity index (χ4n) is 2.14. The van der Waals surface area contributed by atoms with Crippen LogP contribution in [-0.4, -0.2) is 59.7 Å². The van der Waals surface area contributed by atoms with Gasteiger partial charge in [0.1, 0.15) is 0 Å². The van der Waals surface area contributed by atoms with Gasteiger partial charge in [-0.15, -0.1) is 11.3 Å². The Labute approximate surface area is 134 Å². The van der Waals surface area contributed by atoms with Crippen molar-refractivity contribution in [3.05, 3.63) is 16.6 Å². The van der Waals surface area contributed by atoms with Crippen LogP contribution in [0.3, 0.4) is 0 Å². The molecule has 1 aliphatic rings. The van der Waals surface area contributed by atoms with E-state index in [0.29, 0.717) is 19.0 Å². The lowest BCUT2D eigenvalue weighted by Gasteiger charge is -2.32. The SMILES string of the molecule is CC(CCC(=O)NCc1cscn1)N1CCOCC1.O=CO. The average molecular weight is 329 g/mol. The minimum absolute atomic E-state index is 0.105. The van der Waals surface area contributed by atoms with Crippen LogP contribution in [-0.2, 0) is 20.9 Å². The summed E-state index contributed by atoms with van der Waals surface area (Å²) in [6, 6.07) is 0.439. The Bertz CT molecular complexity index is 422. The number of carbonyl (C=O) groups is 2. The number of nitrogens with one attached hydrogen (secondary N) is 1. The normalized spacial score (nSPS) is 16.2. The summed E-state index contributed by atoms with van der Waals surface area (Å²) in [7, 11) is 0. The van der Waals surface area contributed by atoms with Gasteiger partial charge in [-0.2, -0.15) is 0 Å². The number of carboxylic acid groups (broad SMARTS) is 1. The molecule has 8 heteroatoms. The molecule has 1 fully saturated rings. The third-order valence-electron chi connectivity index (χ3n) is 3.41. The minimum Gasteiger partial charge on any atom is -0.483 e. The fraction of sp³-hybridized carbons (Fsp3) is 0.643. The Hall–Kier alpha value is -1.51. The number of amides is 1. The molecule has 0 bridgehead atoms. The number of carbonyl (C=O) groups excluding carboxylic acids is 1. The fourth-order valence-corrected chi connectivity index (χ4v) is 2.70. The molecule has 7 nitrogen and oxygen atoms in total. The van der Waals surface area contributed by atoms with Gasteiger partial charge in [-0.1, -0.05) is 0 Å². The number of hydrogen-bond acceptors (Lipinski definition) is 6. The Morgan fingerprint density at radius 2 is 2.27 bits per heavy atom. The second-order valence-electron chi connectivity index (χ2n) is 4.90. The van der Waals surface area contributed by atoms with Gasteiger partial charge in [0.05, 0.1) is 31.0 Å². The average Bonchev–Trinajstić information content (AvgIpc) is 3.05. The van der Waals surface area contributed by atoms with E-state index in [1.807, 2.05) is 5.38 Å². The topological polar surface area (TPSA) is 91.8 Å². The number of ether oxygens (including phenoxy) is 1. The molecule has 1 aromatic rings. The number of thiazole rings is 1. The summed E-state index contributed by atoms with van der Waals surface area (Å²) >= 11 is 1.55. The first-order valence-corrected chi connectivity index (χ1v) is 8.15. The summed E-state index contributed by atoms with van der Waals surface area (Å²) < 4.78 is 5.33. The standard InChI is InChI=1S/C13H21N3O2S.CH2O2/c1-11(16-4-6-18-7-5-16)2-3-13(17)14-8-12-9-19-10-15-12;2-1-3/h9-11H,2-8H2,1H3,(H,14,17);1H,(H,2,3). The maximum atomic E-state index is 11.7. The van der Waals surface area contributed by atoms with Gasteiger partial charge < -0.3 is 15.2 Å². The molecule has 1 atom stereocenters. The maximum Gasteiger partial charge on any atom is 0.290 e. The first kappa shape index (κ1) is 18.5. The highest BCUT2D eigenvalue weighted by Gasteiger charge is 2.17. The summed E-state index contributed by atoms with van der Waals surface area (Å²) in [4.78, 5) is 26.6. The smallest absolute Gasteiger partial charge is 0.290 e. The van der Waals surface area contributed by atoms with Gasteiger partial charge in [0.2, 0.25) is 5.91 Å². The molecule has 1 aliphatic heterocycles. The van der Waals surface area contributed by atoms with Crippen LogP contribution in [0.25, 0.3) is 0 Å².